The van der Waals surface area contributed by atoms with Gasteiger partial charge in [-0.15, -0.1) is 0 Å². The molecule has 0 fully saturated rings. The van der Waals surface area contributed by atoms with E-state index in [1.165, 1.54) is 0 Å². The number of hydrogen-bond acceptors (Lipinski definition) is 0. The summed E-state index contributed by atoms with van der Waals surface area (Å²) in [5, 5.41) is 0. The third-order valence-corrected chi connectivity index (χ3v) is 4.83. The summed E-state index contributed by atoms with van der Waals surface area (Å²) in [6, 6.07) is 23.5. The molecule has 2 heteroatoms. The molecular weight excluding hydrogens is 316 g/mol. The molecule has 4 rings (SSSR count). The summed E-state index contributed by atoms with van der Waals surface area (Å²) in [6.07, 6.45) is 4.08. The molecular formula is C24H23N2+. The quantitative estimate of drug-likeness (QED) is 0.450. The molecule has 0 bridgehead atoms. The van der Waals surface area contributed by atoms with E-state index in [4.69, 9.17) is 4.11 Å². The summed E-state index contributed by atoms with van der Waals surface area (Å²) in [5.74, 6) is 1.04. The molecule has 4 aromatic rings. The van der Waals surface area contributed by atoms with Gasteiger partial charge in [0, 0.05) is 4.11 Å². The van der Waals surface area contributed by atoms with E-state index >= 15 is 0 Å². The predicted molar refractivity (Wildman–Crippen MR) is 107 cm³/mol. The van der Waals surface area contributed by atoms with Gasteiger partial charge in [0.25, 0.3) is 5.82 Å². The highest BCUT2D eigenvalue weighted by molar-refractivity contribution is 5.77. The van der Waals surface area contributed by atoms with Crippen LogP contribution in [-0.2, 0) is 7.05 Å². The highest BCUT2D eigenvalue weighted by Gasteiger charge is 2.22. The number of aromatic nitrogens is 2. The predicted octanol–water partition coefficient (Wildman–Crippen LogP) is 5.25. The van der Waals surface area contributed by atoms with Crippen molar-refractivity contribution in [3.05, 3.63) is 96.3 Å². The summed E-state index contributed by atoms with van der Waals surface area (Å²) in [6.45, 7) is -0.0999. The maximum absolute atomic E-state index is 7.93. The first kappa shape index (κ1) is 13.1. The van der Waals surface area contributed by atoms with Gasteiger partial charge in [0.15, 0.2) is 0 Å². The molecule has 0 unspecified atom stereocenters. The summed E-state index contributed by atoms with van der Waals surface area (Å²) >= 11 is 0. The van der Waals surface area contributed by atoms with Crippen molar-refractivity contribution in [2.24, 2.45) is 7.05 Å². The third-order valence-electron chi connectivity index (χ3n) is 4.83. The molecule has 1 aromatic heterocycles. The Hall–Kier alpha value is -3.13. The van der Waals surface area contributed by atoms with Crippen LogP contribution in [0.2, 0.25) is 0 Å². The van der Waals surface area contributed by atoms with Crippen LogP contribution in [0.4, 0.5) is 0 Å². The number of para-hydroxylation sites is 1. The molecule has 2 nitrogen and oxygen atoms in total. The normalized spacial score (nSPS) is 13.1. The molecule has 0 radical (unpaired) electrons. The minimum atomic E-state index is -2.16. The fourth-order valence-electron chi connectivity index (χ4n) is 3.48. The van der Waals surface area contributed by atoms with Crippen LogP contribution in [0.25, 0.3) is 28.2 Å². The second-order valence-corrected chi connectivity index (χ2v) is 6.46. The van der Waals surface area contributed by atoms with E-state index in [1.54, 1.807) is 12.1 Å². The molecule has 0 aliphatic heterocycles. The summed E-state index contributed by atoms with van der Waals surface area (Å²) in [7, 11) is 2.03. The fourth-order valence-corrected chi connectivity index (χ4v) is 3.48. The molecule has 3 aromatic carbocycles. The van der Waals surface area contributed by atoms with E-state index in [1.807, 2.05) is 61.9 Å². The topological polar surface area (TPSA) is 8.81 Å². The first-order valence-corrected chi connectivity index (χ1v) is 8.70. The fraction of sp³-hybridized carbons (Fsp3) is 0.125. The SMILES string of the molecule is [2H]C([2H])([2H])c1ccccc1-c1cccc(-c2n(-c3ccccc3)cc[n+]2C)c1C. The number of rotatable bonds is 3. The largest absolute Gasteiger partial charge is 0.294 e. The zero-order valence-electron chi connectivity index (χ0n) is 18.0. The minimum absolute atomic E-state index is 0.378. The van der Waals surface area contributed by atoms with E-state index < -0.39 is 6.85 Å². The van der Waals surface area contributed by atoms with Gasteiger partial charge in [-0.05, 0) is 54.2 Å². The minimum Gasteiger partial charge on any atom is -0.232 e. The lowest BCUT2D eigenvalue weighted by Crippen LogP contribution is -2.29. The van der Waals surface area contributed by atoms with Crippen molar-refractivity contribution in [2.45, 2.75) is 13.8 Å². The molecule has 0 saturated carbocycles. The van der Waals surface area contributed by atoms with Crippen molar-refractivity contribution >= 4 is 0 Å². The highest BCUT2D eigenvalue weighted by Crippen LogP contribution is 2.32. The average Bonchev–Trinajstić information content (AvgIpc) is 3.09. The molecule has 0 amide bonds. The van der Waals surface area contributed by atoms with Gasteiger partial charge >= 0.3 is 0 Å². The van der Waals surface area contributed by atoms with E-state index in [9.17, 15) is 0 Å². The zero-order chi connectivity index (χ0) is 20.6. The smallest absolute Gasteiger partial charge is 0.232 e. The van der Waals surface area contributed by atoms with Gasteiger partial charge in [0.1, 0.15) is 18.1 Å². The Labute approximate surface area is 159 Å². The second-order valence-electron chi connectivity index (χ2n) is 6.46. The summed E-state index contributed by atoms with van der Waals surface area (Å²) in [4.78, 5) is 0. The van der Waals surface area contributed by atoms with Crippen molar-refractivity contribution in [3.63, 3.8) is 0 Å². The molecule has 26 heavy (non-hydrogen) atoms. The van der Waals surface area contributed by atoms with Crippen molar-refractivity contribution in [1.29, 1.82) is 0 Å². The van der Waals surface area contributed by atoms with Crippen molar-refractivity contribution < 1.29 is 8.68 Å². The van der Waals surface area contributed by atoms with E-state index in [-0.39, 0.29) is 0 Å². The molecule has 1 heterocycles. The van der Waals surface area contributed by atoms with Gasteiger partial charge in [-0.1, -0.05) is 54.6 Å². The van der Waals surface area contributed by atoms with E-state index in [2.05, 4.69) is 34.3 Å². The lowest BCUT2D eigenvalue weighted by Gasteiger charge is -2.13. The number of imidazole rings is 1. The highest BCUT2D eigenvalue weighted by atomic mass is 15.1. The van der Waals surface area contributed by atoms with E-state index in [0.717, 1.165) is 33.8 Å². The summed E-state index contributed by atoms with van der Waals surface area (Å²) < 4.78 is 28.0. The van der Waals surface area contributed by atoms with Crippen molar-refractivity contribution in [2.75, 3.05) is 0 Å². The van der Waals surface area contributed by atoms with Crippen LogP contribution in [0.5, 0.6) is 0 Å². The van der Waals surface area contributed by atoms with Crippen molar-refractivity contribution in [1.82, 2.24) is 4.57 Å². The lowest BCUT2D eigenvalue weighted by molar-refractivity contribution is -0.659. The van der Waals surface area contributed by atoms with Crippen LogP contribution in [-0.4, -0.2) is 4.57 Å². The molecule has 0 aliphatic carbocycles. The van der Waals surface area contributed by atoms with Gasteiger partial charge in [-0.3, -0.25) is 0 Å². The second kappa shape index (κ2) is 6.64. The maximum atomic E-state index is 7.93. The standard InChI is InChI=1S/C24H23N2/c1-18-10-7-8-13-21(18)22-14-9-15-23(19(22)2)24-25(3)16-17-26(24)20-11-5-4-6-12-20/h4-17H,1-3H3/q+1/i1D3. The molecule has 0 spiro atoms. The van der Waals surface area contributed by atoms with Gasteiger partial charge in [0.2, 0.25) is 0 Å². The van der Waals surface area contributed by atoms with Crippen LogP contribution < -0.4 is 4.57 Å². The first-order valence-electron chi connectivity index (χ1n) is 10.2. The first-order chi connectivity index (χ1) is 13.9. The Morgan fingerprint density at radius 1 is 0.808 bits per heavy atom. The summed E-state index contributed by atoms with van der Waals surface area (Å²) in [5.41, 5.74) is 5.27. The maximum Gasteiger partial charge on any atom is 0.294 e. The van der Waals surface area contributed by atoms with Gasteiger partial charge in [-0.25, -0.2) is 4.57 Å². The van der Waals surface area contributed by atoms with E-state index in [0.29, 0.717) is 5.56 Å². The number of aryl methyl sites for hydroxylation is 2. The Kier molecular flexibility index (Phi) is 3.35. The number of nitrogens with zero attached hydrogens (tertiary/aromatic N) is 2. The van der Waals surface area contributed by atoms with Crippen LogP contribution >= 0.6 is 0 Å². The third kappa shape index (κ3) is 2.74. The van der Waals surface area contributed by atoms with Gasteiger partial charge < -0.3 is 0 Å². The van der Waals surface area contributed by atoms with Crippen LogP contribution in [0.1, 0.15) is 15.2 Å². The molecule has 0 atom stereocenters. The Morgan fingerprint density at radius 3 is 2.31 bits per heavy atom. The lowest BCUT2D eigenvalue weighted by atomic mass is 9.93. The number of hydrogen-bond donors (Lipinski definition) is 0. The van der Waals surface area contributed by atoms with Gasteiger partial charge in [-0.2, -0.15) is 4.57 Å². The van der Waals surface area contributed by atoms with Crippen LogP contribution in [0.15, 0.2) is 85.2 Å². The van der Waals surface area contributed by atoms with Crippen molar-refractivity contribution in [3.8, 4) is 28.2 Å². The molecule has 0 saturated heterocycles. The van der Waals surface area contributed by atoms with Gasteiger partial charge in [0.05, 0.1) is 12.6 Å². The average molecular weight is 342 g/mol. The Bertz CT molecular complexity index is 1160. The Balaban J connectivity index is 1.93. The zero-order valence-corrected chi connectivity index (χ0v) is 15.0. The Morgan fingerprint density at radius 2 is 1.50 bits per heavy atom. The monoisotopic (exact) mass is 342 g/mol. The van der Waals surface area contributed by atoms with Crippen LogP contribution in [0, 0.1) is 13.8 Å². The number of benzene rings is 3. The molecule has 128 valence electrons. The van der Waals surface area contributed by atoms with Crippen LogP contribution in [0.3, 0.4) is 0 Å². The molecule has 0 aliphatic rings. The molecule has 0 N–H and O–H groups in total.